The van der Waals surface area contributed by atoms with Crippen LogP contribution in [0.25, 0.3) is 0 Å². The molecule has 3 aromatic rings. The molecule has 1 aromatic heterocycles. The molecule has 0 saturated heterocycles. The third kappa shape index (κ3) is 5.31. The molecule has 0 fully saturated rings. The predicted octanol–water partition coefficient (Wildman–Crippen LogP) is 6.52. The van der Waals surface area contributed by atoms with Crippen molar-refractivity contribution in [2.75, 3.05) is 5.32 Å². The largest absolute Gasteiger partial charge is 0.451 e. The Balaban J connectivity index is 1.59. The van der Waals surface area contributed by atoms with Gasteiger partial charge in [0.05, 0.1) is 15.8 Å². The zero-order valence-corrected chi connectivity index (χ0v) is 21.4. The standard InChI is InChI=1S/C24H14Cl2F7N5O2/c1-3-6-38-20(23(28,29)30)35-21(36-38)34-19(39)14-5-4-12(7-11(14)2)17-10-22(40-37-17,24(31,32)33)13-8-15(25)18(27)16(26)9-13/h1,4-5,7-9H,6,10H2,2H3,(H,34,36,39). The number of hydrogen-bond acceptors (Lipinski definition) is 5. The van der Waals surface area contributed by atoms with Gasteiger partial charge in [0.15, 0.2) is 5.82 Å². The van der Waals surface area contributed by atoms with Crippen LogP contribution in [0.3, 0.4) is 0 Å². The van der Waals surface area contributed by atoms with E-state index in [0.29, 0.717) is 4.68 Å². The first kappa shape index (κ1) is 29.2. The molecule has 40 heavy (non-hydrogen) atoms. The fourth-order valence-electron chi connectivity index (χ4n) is 3.92. The summed E-state index contributed by atoms with van der Waals surface area (Å²) in [5, 5.41) is 8.00. The smallest absolute Gasteiger partial charge is 0.374 e. The van der Waals surface area contributed by atoms with Crippen LogP contribution in [-0.2, 0) is 23.2 Å². The maximum absolute atomic E-state index is 14.2. The highest BCUT2D eigenvalue weighted by Gasteiger charge is 2.62. The Morgan fingerprint density at radius 3 is 2.38 bits per heavy atom. The number of terminal acetylenes is 1. The fraction of sp³-hybridized carbons (Fsp3) is 0.250. The molecule has 2 aromatic carbocycles. The van der Waals surface area contributed by atoms with Gasteiger partial charge in [-0.25, -0.2) is 9.07 Å². The number of carbonyl (C=O) groups is 1. The molecule has 1 unspecified atom stereocenters. The van der Waals surface area contributed by atoms with E-state index in [1.807, 2.05) is 5.92 Å². The summed E-state index contributed by atoms with van der Waals surface area (Å²) in [4.78, 5) is 20.9. The van der Waals surface area contributed by atoms with Gasteiger partial charge in [0.1, 0.15) is 6.54 Å². The Labute approximate surface area is 230 Å². The molecule has 0 spiro atoms. The van der Waals surface area contributed by atoms with Crippen molar-refractivity contribution in [1.29, 1.82) is 0 Å². The maximum atomic E-state index is 14.2. The van der Waals surface area contributed by atoms with Crippen LogP contribution in [0, 0.1) is 25.1 Å². The Hall–Kier alpha value is -3.83. The van der Waals surface area contributed by atoms with Gasteiger partial charge in [-0.05, 0) is 42.3 Å². The fourth-order valence-corrected chi connectivity index (χ4v) is 4.40. The van der Waals surface area contributed by atoms with E-state index in [1.54, 1.807) is 0 Å². The van der Waals surface area contributed by atoms with Crippen molar-refractivity contribution >= 4 is 40.8 Å². The predicted molar refractivity (Wildman–Crippen MR) is 129 cm³/mol. The van der Waals surface area contributed by atoms with Crippen LogP contribution in [0.4, 0.5) is 36.7 Å². The highest BCUT2D eigenvalue weighted by molar-refractivity contribution is 6.35. The molecule has 0 radical (unpaired) electrons. The van der Waals surface area contributed by atoms with Gasteiger partial charge in [0.25, 0.3) is 11.5 Å². The van der Waals surface area contributed by atoms with Crippen LogP contribution < -0.4 is 5.32 Å². The minimum Gasteiger partial charge on any atom is -0.374 e. The van der Waals surface area contributed by atoms with E-state index in [1.165, 1.54) is 25.1 Å². The van der Waals surface area contributed by atoms with Crippen LogP contribution in [0.1, 0.15) is 39.3 Å². The zero-order chi connectivity index (χ0) is 29.6. The number of benzene rings is 2. The number of oxime groups is 1. The lowest BCUT2D eigenvalue weighted by molar-refractivity contribution is -0.275. The van der Waals surface area contributed by atoms with Gasteiger partial charge in [-0.1, -0.05) is 40.3 Å². The molecule has 7 nitrogen and oxygen atoms in total. The molecular formula is C24H14Cl2F7N5O2. The number of halogens is 9. The van der Waals surface area contributed by atoms with E-state index in [0.717, 1.165) is 12.1 Å². The Bertz CT molecular complexity index is 1550. The van der Waals surface area contributed by atoms with E-state index in [-0.39, 0.29) is 22.4 Å². The molecule has 0 aliphatic carbocycles. The second-order valence-electron chi connectivity index (χ2n) is 8.49. The average molecular weight is 608 g/mol. The minimum atomic E-state index is -5.03. The van der Waals surface area contributed by atoms with Crippen LogP contribution in [-0.4, -0.2) is 32.6 Å². The molecule has 16 heteroatoms. The van der Waals surface area contributed by atoms with Gasteiger partial charge < -0.3 is 4.84 Å². The summed E-state index contributed by atoms with van der Waals surface area (Å²) in [5.74, 6) is -2.06. The van der Waals surface area contributed by atoms with E-state index < -0.39 is 70.0 Å². The number of nitrogens with zero attached hydrogens (tertiary/aromatic N) is 4. The van der Waals surface area contributed by atoms with E-state index in [4.69, 9.17) is 34.5 Å². The number of nitrogens with one attached hydrogen (secondary N) is 1. The summed E-state index contributed by atoms with van der Waals surface area (Å²) in [7, 11) is 0. The van der Waals surface area contributed by atoms with Crippen LogP contribution in [0.5, 0.6) is 0 Å². The van der Waals surface area contributed by atoms with E-state index in [2.05, 4.69) is 20.6 Å². The van der Waals surface area contributed by atoms with Crippen molar-refractivity contribution in [2.24, 2.45) is 5.16 Å². The number of rotatable bonds is 5. The number of aryl methyl sites for hydroxylation is 1. The van der Waals surface area contributed by atoms with Crippen molar-refractivity contribution in [3.63, 3.8) is 0 Å². The van der Waals surface area contributed by atoms with Gasteiger partial charge in [0.2, 0.25) is 11.8 Å². The summed E-state index contributed by atoms with van der Waals surface area (Å²) in [5.41, 5.74) is -3.41. The third-order valence-corrected chi connectivity index (χ3v) is 6.38. The van der Waals surface area contributed by atoms with Gasteiger partial charge in [0, 0.05) is 17.5 Å². The van der Waals surface area contributed by atoms with Crippen molar-refractivity contribution in [2.45, 2.75) is 37.8 Å². The molecule has 4 rings (SSSR count). The highest BCUT2D eigenvalue weighted by atomic mass is 35.5. The average Bonchev–Trinajstić information content (AvgIpc) is 3.48. The Morgan fingerprint density at radius 2 is 1.82 bits per heavy atom. The lowest BCUT2D eigenvalue weighted by Crippen LogP contribution is -2.42. The molecule has 0 saturated carbocycles. The number of hydrogen-bond donors (Lipinski definition) is 1. The molecule has 1 amide bonds. The quantitative estimate of drug-likeness (QED) is 0.203. The van der Waals surface area contributed by atoms with Crippen LogP contribution in [0.2, 0.25) is 10.0 Å². The molecule has 0 bridgehead atoms. The summed E-state index contributed by atoms with van der Waals surface area (Å²) < 4.78 is 96.5. The molecule has 2 heterocycles. The van der Waals surface area contributed by atoms with Crippen molar-refractivity contribution < 1.29 is 40.4 Å². The maximum Gasteiger partial charge on any atom is 0.451 e. The number of alkyl halides is 6. The number of carbonyl (C=O) groups excluding carboxylic acids is 1. The molecule has 1 atom stereocenters. The molecule has 210 valence electrons. The number of aromatic nitrogens is 3. The normalized spacial score (nSPS) is 17.3. The number of amides is 1. The summed E-state index contributed by atoms with van der Waals surface area (Å²) in [6, 6.07) is 5.32. The minimum absolute atomic E-state index is 0.0377. The summed E-state index contributed by atoms with van der Waals surface area (Å²) in [6.07, 6.45) is -5.69. The molecule has 1 aliphatic rings. The lowest BCUT2D eigenvalue weighted by atomic mass is 9.86. The first-order chi connectivity index (χ1) is 18.6. The second kappa shape index (κ2) is 10.3. The van der Waals surface area contributed by atoms with Crippen molar-refractivity contribution in [1.82, 2.24) is 14.8 Å². The lowest BCUT2D eigenvalue weighted by Gasteiger charge is -2.29. The topological polar surface area (TPSA) is 81.4 Å². The van der Waals surface area contributed by atoms with Gasteiger partial charge >= 0.3 is 12.4 Å². The number of anilines is 1. The third-order valence-electron chi connectivity index (χ3n) is 5.83. The highest BCUT2D eigenvalue weighted by Crippen LogP contribution is 2.50. The zero-order valence-electron chi connectivity index (χ0n) is 19.9. The molecular weight excluding hydrogens is 594 g/mol. The van der Waals surface area contributed by atoms with Gasteiger partial charge in [-0.15, -0.1) is 11.5 Å². The first-order valence-corrected chi connectivity index (χ1v) is 11.7. The van der Waals surface area contributed by atoms with Gasteiger partial charge in [-0.3, -0.25) is 10.1 Å². The van der Waals surface area contributed by atoms with E-state index >= 15 is 0 Å². The van der Waals surface area contributed by atoms with Crippen molar-refractivity contribution in [3.8, 4) is 12.3 Å². The van der Waals surface area contributed by atoms with E-state index in [9.17, 15) is 35.5 Å². The summed E-state index contributed by atoms with van der Waals surface area (Å²) in [6.45, 7) is 0.891. The summed E-state index contributed by atoms with van der Waals surface area (Å²) >= 11 is 11.4. The van der Waals surface area contributed by atoms with Crippen LogP contribution in [0.15, 0.2) is 35.5 Å². The van der Waals surface area contributed by atoms with Crippen molar-refractivity contribution in [3.05, 3.63) is 74.3 Å². The molecule has 1 aliphatic heterocycles. The van der Waals surface area contributed by atoms with Crippen LogP contribution >= 0.6 is 23.2 Å². The second-order valence-corrected chi connectivity index (χ2v) is 9.30. The molecule has 1 N–H and O–H groups in total. The monoisotopic (exact) mass is 607 g/mol. The SMILES string of the molecule is C#CCn1nc(NC(=O)c2ccc(C3=NOC(c4cc(Cl)c(F)c(Cl)c4)(C(F)(F)F)C3)cc2C)nc1C(F)(F)F. The first-order valence-electron chi connectivity index (χ1n) is 10.9. The van der Waals surface area contributed by atoms with Gasteiger partial charge in [-0.2, -0.15) is 31.3 Å². The Kier molecular flexibility index (Phi) is 7.50. The Morgan fingerprint density at radius 1 is 1.18 bits per heavy atom.